The molecule has 2 amide bonds. The summed E-state index contributed by atoms with van der Waals surface area (Å²) >= 11 is 0. The first-order valence-electron chi connectivity index (χ1n) is 7.79. The lowest BCUT2D eigenvalue weighted by molar-refractivity contribution is -0.121. The van der Waals surface area contributed by atoms with Crippen LogP contribution in [-0.2, 0) is 4.79 Å². The van der Waals surface area contributed by atoms with E-state index in [1.807, 2.05) is 35.2 Å². The summed E-state index contributed by atoms with van der Waals surface area (Å²) in [5.74, 6) is -0.00164. The molecule has 118 valence electrons. The van der Waals surface area contributed by atoms with Crippen LogP contribution in [0.2, 0.25) is 0 Å². The van der Waals surface area contributed by atoms with E-state index in [4.69, 9.17) is 0 Å². The van der Waals surface area contributed by atoms with Gasteiger partial charge in [0.2, 0.25) is 5.91 Å². The lowest BCUT2D eigenvalue weighted by Gasteiger charge is -2.31. The van der Waals surface area contributed by atoms with E-state index in [2.05, 4.69) is 10.3 Å². The number of amides is 2. The first kappa shape index (κ1) is 15.2. The molecule has 0 atom stereocenters. The van der Waals surface area contributed by atoms with Gasteiger partial charge in [0.25, 0.3) is 5.91 Å². The van der Waals surface area contributed by atoms with Crippen molar-refractivity contribution in [2.45, 2.75) is 12.8 Å². The topological polar surface area (TPSA) is 62.3 Å². The summed E-state index contributed by atoms with van der Waals surface area (Å²) in [7, 11) is 0. The number of nitrogens with zero attached hydrogens (tertiary/aromatic N) is 2. The van der Waals surface area contributed by atoms with Crippen molar-refractivity contribution in [2.75, 3.05) is 18.4 Å². The number of carbonyl (C=O) groups is 2. The Morgan fingerprint density at radius 3 is 2.30 bits per heavy atom. The van der Waals surface area contributed by atoms with Crippen LogP contribution in [0.3, 0.4) is 0 Å². The van der Waals surface area contributed by atoms with Crippen LogP contribution in [0.5, 0.6) is 0 Å². The van der Waals surface area contributed by atoms with Gasteiger partial charge in [-0.25, -0.2) is 0 Å². The lowest BCUT2D eigenvalue weighted by Crippen LogP contribution is -2.41. The quantitative estimate of drug-likeness (QED) is 0.948. The minimum absolute atomic E-state index is 0.00863. The van der Waals surface area contributed by atoms with Crippen molar-refractivity contribution < 1.29 is 9.59 Å². The van der Waals surface area contributed by atoms with E-state index in [9.17, 15) is 9.59 Å². The molecule has 5 nitrogen and oxygen atoms in total. The number of rotatable bonds is 3. The molecular weight excluding hydrogens is 290 g/mol. The highest BCUT2D eigenvalue weighted by Crippen LogP contribution is 2.20. The van der Waals surface area contributed by atoms with E-state index in [1.54, 1.807) is 24.5 Å². The maximum atomic E-state index is 12.4. The van der Waals surface area contributed by atoms with E-state index in [0.717, 1.165) is 5.69 Å². The van der Waals surface area contributed by atoms with Crippen molar-refractivity contribution in [3.63, 3.8) is 0 Å². The smallest absolute Gasteiger partial charge is 0.253 e. The predicted octanol–water partition coefficient (Wildman–Crippen LogP) is 2.57. The summed E-state index contributed by atoms with van der Waals surface area (Å²) in [6, 6.07) is 12.9. The number of likely N-dealkylation sites (tertiary alicyclic amines) is 1. The molecule has 1 aromatic heterocycles. The first-order chi connectivity index (χ1) is 11.2. The molecule has 1 aliphatic heterocycles. The monoisotopic (exact) mass is 309 g/mol. The summed E-state index contributed by atoms with van der Waals surface area (Å²) < 4.78 is 0. The van der Waals surface area contributed by atoms with Crippen LogP contribution in [0.1, 0.15) is 23.2 Å². The van der Waals surface area contributed by atoms with Gasteiger partial charge in [0, 0.05) is 42.7 Å². The van der Waals surface area contributed by atoms with Gasteiger partial charge in [-0.2, -0.15) is 0 Å². The van der Waals surface area contributed by atoms with Gasteiger partial charge in [0.05, 0.1) is 0 Å². The Bertz CT molecular complexity index is 665. The number of hydrogen-bond acceptors (Lipinski definition) is 3. The van der Waals surface area contributed by atoms with Crippen LogP contribution in [0.25, 0.3) is 0 Å². The molecule has 0 spiro atoms. The molecular formula is C18H19N3O2. The van der Waals surface area contributed by atoms with Crippen molar-refractivity contribution in [1.82, 2.24) is 9.88 Å². The molecule has 5 heteroatoms. The summed E-state index contributed by atoms with van der Waals surface area (Å²) in [4.78, 5) is 30.4. The molecule has 3 rings (SSSR count). The zero-order valence-corrected chi connectivity index (χ0v) is 12.8. The Morgan fingerprint density at radius 2 is 1.65 bits per heavy atom. The van der Waals surface area contributed by atoms with Crippen LogP contribution in [0, 0.1) is 5.92 Å². The number of aromatic nitrogens is 1. The molecule has 0 unspecified atom stereocenters. The van der Waals surface area contributed by atoms with Gasteiger partial charge in [-0.1, -0.05) is 18.2 Å². The van der Waals surface area contributed by atoms with Crippen LogP contribution >= 0.6 is 0 Å². The molecule has 1 saturated heterocycles. The zero-order chi connectivity index (χ0) is 16.1. The molecule has 23 heavy (non-hydrogen) atoms. The van der Waals surface area contributed by atoms with Gasteiger partial charge in [-0.05, 0) is 37.1 Å². The number of anilines is 1. The third kappa shape index (κ3) is 3.74. The van der Waals surface area contributed by atoms with Crippen LogP contribution in [0.4, 0.5) is 5.69 Å². The molecule has 2 aromatic rings. The maximum absolute atomic E-state index is 12.4. The van der Waals surface area contributed by atoms with Crippen molar-refractivity contribution in [3.8, 4) is 0 Å². The van der Waals surface area contributed by atoms with Crippen molar-refractivity contribution in [3.05, 3.63) is 60.4 Å². The van der Waals surface area contributed by atoms with E-state index < -0.39 is 0 Å². The summed E-state index contributed by atoms with van der Waals surface area (Å²) in [5.41, 5.74) is 1.46. The fourth-order valence-electron chi connectivity index (χ4n) is 2.79. The SMILES string of the molecule is O=C(Nc1ccccc1)C1CCN(C(=O)c2ccncc2)CC1. The largest absolute Gasteiger partial charge is 0.339 e. The van der Waals surface area contributed by atoms with Crippen molar-refractivity contribution in [1.29, 1.82) is 0 Å². The zero-order valence-electron chi connectivity index (χ0n) is 12.8. The average molecular weight is 309 g/mol. The fraction of sp³-hybridized carbons (Fsp3) is 0.278. The highest BCUT2D eigenvalue weighted by Gasteiger charge is 2.27. The molecule has 1 N–H and O–H groups in total. The van der Waals surface area contributed by atoms with E-state index in [-0.39, 0.29) is 17.7 Å². The molecule has 0 bridgehead atoms. The second-order valence-electron chi connectivity index (χ2n) is 5.66. The second kappa shape index (κ2) is 7.05. The maximum Gasteiger partial charge on any atom is 0.253 e. The molecule has 1 aromatic carbocycles. The molecule has 1 fully saturated rings. The average Bonchev–Trinajstić information content (AvgIpc) is 2.63. The van der Waals surface area contributed by atoms with Gasteiger partial charge in [-0.15, -0.1) is 0 Å². The number of hydrogen-bond donors (Lipinski definition) is 1. The molecule has 0 radical (unpaired) electrons. The number of carbonyl (C=O) groups excluding carboxylic acids is 2. The highest BCUT2D eigenvalue weighted by molar-refractivity contribution is 5.95. The van der Waals surface area contributed by atoms with Gasteiger partial charge in [0.15, 0.2) is 0 Å². The molecule has 1 aliphatic rings. The Kier molecular flexibility index (Phi) is 4.66. The Labute approximate surface area is 135 Å². The van der Waals surface area contributed by atoms with Gasteiger partial charge in [0.1, 0.15) is 0 Å². The lowest BCUT2D eigenvalue weighted by atomic mass is 9.95. The number of benzene rings is 1. The van der Waals surface area contributed by atoms with Crippen molar-refractivity contribution in [2.24, 2.45) is 5.92 Å². The van der Waals surface area contributed by atoms with Crippen LogP contribution in [0.15, 0.2) is 54.9 Å². The van der Waals surface area contributed by atoms with Crippen LogP contribution in [-0.4, -0.2) is 34.8 Å². The molecule has 2 heterocycles. The second-order valence-corrected chi connectivity index (χ2v) is 5.66. The van der Waals surface area contributed by atoms with E-state index >= 15 is 0 Å². The number of piperidine rings is 1. The predicted molar refractivity (Wildman–Crippen MR) is 87.9 cm³/mol. The number of nitrogens with one attached hydrogen (secondary N) is 1. The Hall–Kier alpha value is -2.69. The van der Waals surface area contributed by atoms with E-state index in [1.165, 1.54) is 0 Å². The standard InChI is InChI=1S/C18H19N3O2/c22-17(20-16-4-2-1-3-5-16)14-8-12-21(13-9-14)18(23)15-6-10-19-11-7-15/h1-7,10-11,14H,8-9,12-13H2,(H,20,22). The van der Waals surface area contributed by atoms with Gasteiger partial charge in [-0.3, -0.25) is 14.6 Å². The Morgan fingerprint density at radius 1 is 1.00 bits per heavy atom. The van der Waals surface area contributed by atoms with Gasteiger partial charge >= 0.3 is 0 Å². The van der Waals surface area contributed by atoms with Gasteiger partial charge < -0.3 is 10.2 Å². The fourth-order valence-corrected chi connectivity index (χ4v) is 2.79. The normalized spacial score (nSPS) is 15.2. The van der Waals surface area contributed by atoms with Crippen molar-refractivity contribution >= 4 is 17.5 Å². The minimum atomic E-state index is -0.0447. The third-order valence-corrected chi connectivity index (χ3v) is 4.12. The van der Waals surface area contributed by atoms with E-state index in [0.29, 0.717) is 31.5 Å². The molecule has 0 aliphatic carbocycles. The summed E-state index contributed by atoms with van der Waals surface area (Å²) in [5, 5.41) is 2.94. The summed E-state index contributed by atoms with van der Waals surface area (Å²) in [6.45, 7) is 1.21. The Balaban J connectivity index is 1.54. The highest BCUT2D eigenvalue weighted by atomic mass is 16.2. The number of para-hydroxylation sites is 1. The van der Waals surface area contributed by atoms with Crippen LogP contribution < -0.4 is 5.32 Å². The third-order valence-electron chi connectivity index (χ3n) is 4.12. The first-order valence-corrected chi connectivity index (χ1v) is 7.79. The molecule has 0 saturated carbocycles. The minimum Gasteiger partial charge on any atom is -0.339 e. The number of pyridine rings is 1. The summed E-state index contributed by atoms with van der Waals surface area (Å²) in [6.07, 6.45) is 4.62.